The number of aromatic nitrogens is 1. The number of ether oxygens (including phenoxy) is 1. The Labute approximate surface area is 153 Å². The molecule has 1 heterocycles. The van der Waals surface area contributed by atoms with Crippen LogP contribution in [0, 0.1) is 6.92 Å². The number of H-pyrrole nitrogens is 1. The molecule has 0 fully saturated rings. The van der Waals surface area contributed by atoms with Crippen LogP contribution in [0.2, 0.25) is 5.02 Å². The molecule has 0 spiro atoms. The topological polar surface area (TPSA) is 88.3 Å². The van der Waals surface area contributed by atoms with Gasteiger partial charge in [-0.25, -0.2) is 4.79 Å². The van der Waals surface area contributed by atoms with Gasteiger partial charge in [-0.15, -0.1) is 0 Å². The lowest BCUT2D eigenvalue weighted by Gasteiger charge is -2.09. The van der Waals surface area contributed by atoms with E-state index in [9.17, 15) is 14.4 Å². The highest BCUT2D eigenvalue weighted by atomic mass is 35.5. The van der Waals surface area contributed by atoms with Gasteiger partial charge in [-0.3, -0.25) is 9.59 Å². The van der Waals surface area contributed by atoms with Crippen molar-refractivity contribution >= 4 is 40.1 Å². The summed E-state index contributed by atoms with van der Waals surface area (Å²) < 4.78 is 4.97. The van der Waals surface area contributed by atoms with Crippen molar-refractivity contribution in [3.05, 3.63) is 75.0 Å². The van der Waals surface area contributed by atoms with Gasteiger partial charge in [-0.2, -0.15) is 0 Å². The summed E-state index contributed by atoms with van der Waals surface area (Å²) in [6, 6.07) is 13.1. The molecular formula is C19H15ClN2O4. The minimum Gasteiger partial charge on any atom is -0.451 e. The predicted molar refractivity (Wildman–Crippen MR) is 99.7 cm³/mol. The lowest BCUT2D eigenvalue weighted by Crippen LogP contribution is -2.22. The van der Waals surface area contributed by atoms with Crippen molar-refractivity contribution in [2.75, 3.05) is 11.9 Å². The van der Waals surface area contributed by atoms with Crippen molar-refractivity contribution in [1.29, 1.82) is 0 Å². The van der Waals surface area contributed by atoms with Crippen LogP contribution in [0.25, 0.3) is 10.9 Å². The number of hydrogen-bond acceptors (Lipinski definition) is 4. The Morgan fingerprint density at radius 3 is 2.69 bits per heavy atom. The van der Waals surface area contributed by atoms with Crippen molar-refractivity contribution < 1.29 is 14.3 Å². The van der Waals surface area contributed by atoms with Gasteiger partial charge in [0.05, 0.1) is 10.7 Å². The van der Waals surface area contributed by atoms with Crippen LogP contribution >= 0.6 is 11.6 Å². The molecule has 2 aromatic carbocycles. The fraction of sp³-hybridized carbons (Fsp3) is 0.105. The van der Waals surface area contributed by atoms with Crippen molar-refractivity contribution in [3.8, 4) is 0 Å². The van der Waals surface area contributed by atoms with Crippen LogP contribution in [0.5, 0.6) is 0 Å². The maximum atomic E-state index is 12.1. The quantitative estimate of drug-likeness (QED) is 0.690. The summed E-state index contributed by atoms with van der Waals surface area (Å²) in [6.45, 7) is 1.38. The minimum atomic E-state index is -0.794. The van der Waals surface area contributed by atoms with E-state index in [1.807, 2.05) is 6.92 Å². The number of hydrogen-bond donors (Lipinski definition) is 2. The van der Waals surface area contributed by atoms with E-state index in [0.717, 1.165) is 11.6 Å². The average molecular weight is 371 g/mol. The highest BCUT2D eigenvalue weighted by molar-refractivity contribution is 6.33. The molecule has 2 N–H and O–H groups in total. The van der Waals surface area contributed by atoms with Gasteiger partial charge < -0.3 is 15.0 Å². The minimum absolute atomic E-state index is 0.0186. The van der Waals surface area contributed by atoms with Gasteiger partial charge >= 0.3 is 5.97 Å². The molecule has 0 bridgehead atoms. The molecule has 0 radical (unpaired) electrons. The molecular weight excluding hydrogens is 356 g/mol. The number of aryl methyl sites for hydroxylation is 1. The summed E-state index contributed by atoms with van der Waals surface area (Å²) in [5.74, 6) is -1.33. The van der Waals surface area contributed by atoms with E-state index in [1.54, 1.807) is 42.5 Å². The molecule has 3 aromatic rings. The Bertz CT molecular complexity index is 1060. The average Bonchev–Trinajstić information content (AvgIpc) is 2.62. The van der Waals surface area contributed by atoms with Gasteiger partial charge in [0.2, 0.25) is 0 Å². The number of aromatic amines is 1. The Hall–Kier alpha value is -3.12. The number of anilines is 1. The third kappa shape index (κ3) is 3.92. The predicted octanol–water partition coefficient (Wildman–Crippen LogP) is 3.29. The first-order valence-corrected chi connectivity index (χ1v) is 8.17. The zero-order valence-corrected chi connectivity index (χ0v) is 14.6. The summed E-state index contributed by atoms with van der Waals surface area (Å²) in [6.07, 6.45) is 0. The Morgan fingerprint density at radius 2 is 1.92 bits per heavy atom. The molecule has 0 aliphatic carbocycles. The molecule has 3 rings (SSSR count). The van der Waals surface area contributed by atoms with Gasteiger partial charge in [0.15, 0.2) is 12.0 Å². The zero-order valence-electron chi connectivity index (χ0n) is 13.8. The Kier molecular flexibility index (Phi) is 5.04. The Balaban J connectivity index is 1.67. The van der Waals surface area contributed by atoms with Crippen LogP contribution in [0.4, 0.5) is 5.69 Å². The normalized spacial score (nSPS) is 10.5. The molecule has 0 unspecified atom stereocenters. The van der Waals surface area contributed by atoms with Gasteiger partial charge in [0, 0.05) is 17.0 Å². The number of esters is 1. The van der Waals surface area contributed by atoms with E-state index >= 15 is 0 Å². The van der Waals surface area contributed by atoms with Crippen LogP contribution in [-0.2, 0) is 9.53 Å². The largest absolute Gasteiger partial charge is 0.451 e. The summed E-state index contributed by atoms with van der Waals surface area (Å²) >= 11 is 6.04. The number of pyridine rings is 1. The zero-order chi connectivity index (χ0) is 18.7. The SMILES string of the molecule is Cc1ccc(NC(=O)COC(=O)c2cc(=O)c3ccccc3[nH]2)c(Cl)c1. The number of para-hydroxylation sites is 1. The van der Waals surface area contributed by atoms with Crippen LogP contribution in [0.1, 0.15) is 16.1 Å². The van der Waals surface area contributed by atoms with E-state index in [0.29, 0.717) is 21.6 Å². The lowest BCUT2D eigenvalue weighted by molar-refractivity contribution is -0.119. The third-order valence-electron chi connectivity index (χ3n) is 3.69. The Morgan fingerprint density at radius 1 is 1.15 bits per heavy atom. The van der Waals surface area contributed by atoms with E-state index in [4.69, 9.17) is 16.3 Å². The molecule has 0 aliphatic rings. The summed E-state index contributed by atoms with van der Waals surface area (Å²) in [7, 11) is 0. The van der Waals surface area contributed by atoms with E-state index in [-0.39, 0.29) is 11.1 Å². The van der Waals surface area contributed by atoms with Gasteiger partial charge in [0.1, 0.15) is 5.69 Å². The van der Waals surface area contributed by atoms with E-state index in [2.05, 4.69) is 10.3 Å². The second-order valence-electron chi connectivity index (χ2n) is 5.70. The summed E-state index contributed by atoms with van der Waals surface area (Å²) in [5, 5.41) is 3.43. The maximum Gasteiger partial charge on any atom is 0.355 e. The summed E-state index contributed by atoms with van der Waals surface area (Å²) in [5.41, 5.74) is 1.58. The number of carbonyl (C=O) groups is 2. The molecule has 132 valence electrons. The first kappa shape index (κ1) is 17.7. The molecule has 0 saturated carbocycles. The fourth-order valence-corrected chi connectivity index (χ4v) is 2.71. The maximum absolute atomic E-state index is 12.1. The van der Waals surface area contributed by atoms with Crippen molar-refractivity contribution in [3.63, 3.8) is 0 Å². The number of rotatable bonds is 4. The smallest absolute Gasteiger partial charge is 0.355 e. The number of fused-ring (bicyclic) bond motifs is 1. The monoisotopic (exact) mass is 370 g/mol. The van der Waals surface area contributed by atoms with E-state index in [1.165, 1.54) is 0 Å². The lowest BCUT2D eigenvalue weighted by atomic mass is 10.2. The van der Waals surface area contributed by atoms with Gasteiger partial charge in [-0.1, -0.05) is 29.8 Å². The first-order valence-electron chi connectivity index (χ1n) is 7.79. The molecule has 26 heavy (non-hydrogen) atoms. The molecule has 6 nitrogen and oxygen atoms in total. The molecule has 0 aliphatic heterocycles. The first-order chi connectivity index (χ1) is 12.4. The van der Waals surface area contributed by atoms with Crippen LogP contribution in [-0.4, -0.2) is 23.5 Å². The number of nitrogens with one attached hydrogen (secondary N) is 2. The molecule has 0 saturated heterocycles. The van der Waals surface area contributed by atoms with Crippen LogP contribution in [0.15, 0.2) is 53.3 Å². The second kappa shape index (κ2) is 7.41. The van der Waals surface area contributed by atoms with Crippen molar-refractivity contribution in [2.45, 2.75) is 6.92 Å². The molecule has 7 heteroatoms. The number of benzene rings is 2. The van der Waals surface area contributed by atoms with E-state index < -0.39 is 18.5 Å². The number of halogens is 1. The molecule has 0 atom stereocenters. The van der Waals surface area contributed by atoms with Crippen molar-refractivity contribution in [2.24, 2.45) is 0 Å². The fourth-order valence-electron chi connectivity index (χ4n) is 2.42. The number of amides is 1. The van der Waals surface area contributed by atoms with Crippen LogP contribution in [0.3, 0.4) is 0 Å². The third-order valence-corrected chi connectivity index (χ3v) is 4.00. The molecule has 1 aromatic heterocycles. The summed E-state index contributed by atoms with van der Waals surface area (Å²) in [4.78, 5) is 38.9. The molecule has 1 amide bonds. The number of carbonyl (C=O) groups excluding carboxylic acids is 2. The standard InChI is InChI=1S/C19H15ClN2O4/c1-11-6-7-15(13(20)8-11)22-18(24)10-26-19(25)16-9-17(23)12-4-2-3-5-14(12)21-16/h2-9H,10H2,1H3,(H,21,23)(H,22,24). The highest BCUT2D eigenvalue weighted by Crippen LogP contribution is 2.22. The highest BCUT2D eigenvalue weighted by Gasteiger charge is 2.14. The van der Waals surface area contributed by atoms with Gasteiger partial charge in [0.25, 0.3) is 5.91 Å². The van der Waals surface area contributed by atoms with Crippen molar-refractivity contribution in [1.82, 2.24) is 4.98 Å². The van der Waals surface area contributed by atoms with Crippen LogP contribution < -0.4 is 10.7 Å². The van der Waals surface area contributed by atoms with Gasteiger partial charge in [-0.05, 0) is 36.8 Å². The second-order valence-corrected chi connectivity index (χ2v) is 6.11.